The van der Waals surface area contributed by atoms with Crippen molar-refractivity contribution in [1.82, 2.24) is 15.6 Å². The summed E-state index contributed by atoms with van der Waals surface area (Å²) in [5, 5.41) is 6.85. The Labute approximate surface area is 118 Å². The fourth-order valence-electron chi connectivity index (χ4n) is 1.97. The molecule has 0 radical (unpaired) electrons. The molecule has 5 nitrogen and oxygen atoms in total. The first kappa shape index (κ1) is 14.3. The number of hydrogen-bond donors (Lipinski definition) is 2. The van der Waals surface area contributed by atoms with Crippen molar-refractivity contribution in [1.29, 1.82) is 0 Å². The van der Waals surface area contributed by atoms with E-state index in [0.717, 1.165) is 22.3 Å². The van der Waals surface area contributed by atoms with Crippen LogP contribution in [0.25, 0.3) is 10.9 Å². The monoisotopic (exact) mass is 273 g/mol. The number of hydrogen-bond acceptors (Lipinski definition) is 4. The molecule has 0 aliphatic heterocycles. The van der Waals surface area contributed by atoms with Gasteiger partial charge in [0.05, 0.1) is 12.8 Å². The van der Waals surface area contributed by atoms with E-state index in [2.05, 4.69) is 15.6 Å². The van der Waals surface area contributed by atoms with E-state index >= 15 is 0 Å². The largest absolute Gasteiger partial charge is 0.494 e. The van der Waals surface area contributed by atoms with E-state index in [0.29, 0.717) is 19.5 Å². The van der Waals surface area contributed by atoms with Crippen LogP contribution in [0.4, 0.5) is 0 Å². The second kappa shape index (κ2) is 6.86. The molecule has 2 N–H and O–H groups in total. The van der Waals surface area contributed by atoms with Crippen LogP contribution in [-0.4, -0.2) is 31.6 Å². The van der Waals surface area contributed by atoms with Gasteiger partial charge in [0.15, 0.2) is 0 Å². The summed E-state index contributed by atoms with van der Waals surface area (Å²) in [6, 6.07) is 9.87. The molecule has 0 aliphatic rings. The number of nitrogens with one attached hydrogen (secondary N) is 2. The summed E-state index contributed by atoms with van der Waals surface area (Å²) in [5.41, 5.74) is 1.79. The van der Waals surface area contributed by atoms with E-state index in [1.807, 2.05) is 30.3 Å². The maximum Gasteiger partial charge on any atom is 0.221 e. The molecule has 0 bridgehead atoms. The van der Waals surface area contributed by atoms with Crippen molar-refractivity contribution in [3.8, 4) is 5.75 Å². The standard InChI is InChI=1S/C15H19N3O2/c1-16-14(19)8-9-17-10-12-7-6-11-4-3-5-13(20-2)15(11)18-12/h3-7,17H,8-10H2,1-2H3,(H,16,19). The predicted octanol–water partition coefficient (Wildman–Crippen LogP) is 1.47. The zero-order chi connectivity index (χ0) is 14.4. The van der Waals surface area contributed by atoms with Gasteiger partial charge in [0.1, 0.15) is 11.3 Å². The Bertz CT molecular complexity index is 599. The molecule has 0 atom stereocenters. The molecule has 1 amide bonds. The predicted molar refractivity (Wildman–Crippen MR) is 78.7 cm³/mol. The lowest BCUT2D eigenvalue weighted by Crippen LogP contribution is -2.24. The summed E-state index contributed by atoms with van der Waals surface area (Å²) in [7, 11) is 3.28. The second-order valence-corrected chi connectivity index (χ2v) is 4.43. The van der Waals surface area contributed by atoms with Crippen LogP contribution in [0.3, 0.4) is 0 Å². The van der Waals surface area contributed by atoms with Crippen LogP contribution in [-0.2, 0) is 11.3 Å². The van der Waals surface area contributed by atoms with E-state index in [1.54, 1.807) is 14.2 Å². The molecular formula is C15H19N3O2. The minimum Gasteiger partial charge on any atom is -0.494 e. The average molecular weight is 273 g/mol. The van der Waals surface area contributed by atoms with E-state index in [9.17, 15) is 4.79 Å². The molecule has 0 saturated heterocycles. The number of amides is 1. The number of ether oxygens (including phenoxy) is 1. The Morgan fingerprint density at radius 1 is 1.30 bits per heavy atom. The summed E-state index contributed by atoms with van der Waals surface area (Å²) in [5.74, 6) is 0.806. The molecule has 0 aliphatic carbocycles. The number of aromatic nitrogens is 1. The third kappa shape index (κ3) is 3.45. The number of rotatable bonds is 6. The summed E-state index contributed by atoms with van der Waals surface area (Å²) in [6.07, 6.45) is 0.466. The number of pyridine rings is 1. The van der Waals surface area contributed by atoms with Gasteiger partial charge in [-0.05, 0) is 12.1 Å². The first-order chi connectivity index (χ1) is 9.74. The number of fused-ring (bicyclic) bond motifs is 1. The van der Waals surface area contributed by atoms with Gasteiger partial charge in [0.25, 0.3) is 0 Å². The molecule has 1 aromatic carbocycles. The van der Waals surface area contributed by atoms with Crippen LogP contribution >= 0.6 is 0 Å². The first-order valence-electron chi connectivity index (χ1n) is 6.58. The summed E-state index contributed by atoms with van der Waals surface area (Å²) in [6.45, 7) is 1.26. The summed E-state index contributed by atoms with van der Waals surface area (Å²) >= 11 is 0. The quantitative estimate of drug-likeness (QED) is 0.782. The van der Waals surface area contributed by atoms with Crippen LogP contribution in [0, 0.1) is 0 Å². The molecule has 0 fully saturated rings. The van der Waals surface area contributed by atoms with Crippen molar-refractivity contribution in [2.75, 3.05) is 20.7 Å². The van der Waals surface area contributed by atoms with Crippen molar-refractivity contribution >= 4 is 16.8 Å². The van der Waals surface area contributed by atoms with E-state index in [-0.39, 0.29) is 5.91 Å². The van der Waals surface area contributed by atoms with Gasteiger partial charge in [-0.3, -0.25) is 4.79 Å². The van der Waals surface area contributed by atoms with Crippen LogP contribution in [0.5, 0.6) is 5.75 Å². The number of benzene rings is 1. The van der Waals surface area contributed by atoms with Crippen molar-refractivity contribution in [3.63, 3.8) is 0 Å². The van der Waals surface area contributed by atoms with Crippen molar-refractivity contribution < 1.29 is 9.53 Å². The highest BCUT2D eigenvalue weighted by atomic mass is 16.5. The van der Waals surface area contributed by atoms with Crippen molar-refractivity contribution in [3.05, 3.63) is 36.0 Å². The fourth-order valence-corrected chi connectivity index (χ4v) is 1.97. The molecule has 5 heteroatoms. The number of carbonyl (C=O) groups excluding carboxylic acids is 1. The number of para-hydroxylation sites is 1. The van der Waals surface area contributed by atoms with E-state index in [1.165, 1.54) is 0 Å². The van der Waals surface area contributed by atoms with Crippen molar-refractivity contribution in [2.45, 2.75) is 13.0 Å². The summed E-state index contributed by atoms with van der Waals surface area (Å²) < 4.78 is 5.32. The molecule has 1 aromatic heterocycles. The molecule has 20 heavy (non-hydrogen) atoms. The second-order valence-electron chi connectivity index (χ2n) is 4.43. The third-order valence-corrected chi connectivity index (χ3v) is 3.07. The van der Waals surface area contributed by atoms with Crippen molar-refractivity contribution in [2.24, 2.45) is 0 Å². The molecular weight excluding hydrogens is 254 g/mol. The highest BCUT2D eigenvalue weighted by Crippen LogP contribution is 2.23. The number of carbonyl (C=O) groups is 1. The Morgan fingerprint density at radius 3 is 2.90 bits per heavy atom. The van der Waals surface area contributed by atoms with Crippen LogP contribution < -0.4 is 15.4 Å². The topological polar surface area (TPSA) is 63.2 Å². The van der Waals surface area contributed by atoms with Crippen LogP contribution in [0.15, 0.2) is 30.3 Å². The lowest BCUT2D eigenvalue weighted by atomic mass is 10.2. The van der Waals surface area contributed by atoms with E-state index in [4.69, 9.17) is 4.74 Å². The SMILES string of the molecule is CNC(=O)CCNCc1ccc2cccc(OC)c2n1. The molecule has 0 unspecified atom stereocenters. The fraction of sp³-hybridized carbons (Fsp3) is 0.333. The van der Waals surface area contributed by atoms with Gasteiger partial charge >= 0.3 is 0 Å². The Kier molecular flexibility index (Phi) is 4.90. The van der Waals surface area contributed by atoms with Crippen LogP contribution in [0.2, 0.25) is 0 Å². The summed E-state index contributed by atoms with van der Waals surface area (Å²) in [4.78, 5) is 15.7. The lowest BCUT2D eigenvalue weighted by Gasteiger charge is -2.08. The Morgan fingerprint density at radius 2 is 2.15 bits per heavy atom. The molecule has 0 spiro atoms. The Balaban J connectivity index is 2.02. The molecule has 1 heterocycles. The first-order valence-corrected chi connectivity index (χ1v) is 6.58. The van der Waals surface area contributed by atoms with Gasteiger partial charge in [-0.15, -0.1) is 0 Å². The van der Waals surface area contributed by atoms with Gasteiger partial charge in [-0.1, -0.05) is 18.2 Å². The normalized spacial score (nSPS) is 10.5. The maximum absolute atomic E-state index is 11.1. The third-order valence-electron chi connectivity index (χ3n) is 3.07. The molecule has 106 valence electrons. The zero-order valence-electron chi connectivity index (χ0n) is 11.8. The minimum atomic E-state index is 0.0330. The number of methoxy groups -OCH3 is 1. The van der Waals surface area contributed by atoms with E-state index < -0.39 is 0 Å². The average Bonchev–Trinajstić information content (AvgIpc) is 2.50. The highest BCUT2D eigenvalue weighted by molar-refractivity contribution is 5.84. The van der Waals surface area contributed by atoms with Crippen LogP contribution in [0.1, 0.15) is 12.1 Å². The minimum absolute atomic E-state index is 0.0330. The van der Waals surface area contributed by atoms with Gasteiger partial charge in [-0.25, -0.2) is 4.98 Å². The molecule has 2 rings (SSSR count). The van der Waals surface area contributed by atoms with Gasteiger partial charge < -0.3 is 15.4 Å². The zero-order valence-corrected chi connectivity index (χ0v) is 11.8. The molecule has 2 aromatic rings. The smallest absolute Gasteiger partial charge is 0.221 e. The lowest BCUT2D eigenvalue weighted by molar-refractivity contribution is -0.120. The highest BCUT2D eigenvalue weighted by Gasteiger charge is 2.04. The Hall–Kier alpha value is -2.14. The van der Waals surface area contributed by atoms with Gasteiger partial charge in [0.2, 0.25) is 5.91 Å². The van der Waals surface area contributed by atoms with Gasteiger partial charge in [-0.2, -0.15) is 0 Å². The molecule has 0 saturated carbocycles. The van der Waals surface area contributed by atoms with Gasteiger partial charge in [0, 0.05) is 31.9 Å². The number of nitrogens with zero attached hydrogens (tertiary/aromatic N) is 1. The maximum atomic E-state index is 11.1.